The number of rotatable bonds is 6. The van der Waals surface area contributed by atoms with Crippen LogP contribution < -0.4 is 5.73 Å². The summed E-state index contributed by atoms with van der Waals surface area (Å²) in [4.78, 5) is 0. The Hall–Kier alpha value is -0.170. The molecular weight excluding hydrogens is 218 g/mol. The van der Waals surface area contributed by atoms with Crippen molar-refractivity contribution >= 4 is 9.84 Å². The van der Waals surface area contributed by atoms with Crippen LogP contribution in [0.5, 0.6) is 0 Å². The van der Waals surface area contributed by atoms with E-state index in [2.05, 4.69) is 0 Å². The molecular formula is C9H19NO4S. The molecule has 2 N–H and O–H groups in total. The third-order valence-corrected chi connectivity index (χ3v) is 4.44. The second-order valence-corrected chi connectivity index (χ2v) is 6.24. The molecule has 1 aliphatic rings. The highest BCUT2D eigenvalue weighted by Gasteiger charge is 2.38. The SMILES string of the molecule is COCCOCCC1(N)CCS(=O)(=O)C1. The van der Waals surface area contributed by atoms with Gasteiger partial charge < -0.3 is 15.2 Å². The van der Waals surface area contributed by atoms with Crippen LogP contribution in [0.4, 0.5) is 0 Å². The number of hydrogen-bond acceptors (Lipinski definition) is 5. The highest BCUT2D eigenvalue weighted by Crippen LogP contribution is 2.23. The first-order valence-electron chi connectivity index (χ1n) is 5.03. The lowest BCUT2D eigenvalue weighted by atomic mass is 9.97. The minimum absolute atomic E-state index is 0.0909. The molecule has 0 aliphatic carbocycles. The Balaban J connectivity index is 2.21. The standard InChI is InChI=1S/C9H19NO4S/c1-13-5-6-14-4-2-9(10)3-7-15(11,12)8-9/h2-8,10H2,1H3. The van der Waals surface area contributed by atoms with Gasteiger partial charge in [-0.25, -0.2) is 8.42 Å². The average molecular weight is 237 g/mol. The molecule has 15 heavy (non-hydrogen) atoms. The van der Waals surface area contributed by atoms with Gasteiger partial charge >= 0.3 is 0 Å². The largest absolute Gasteiger partial charge is 0.382 e. The fraction of sp³-hybridized carbons (Fsp3) is 1.00. The molecule has 0 aromatic carbocycles. The lowest BCUT2D eigenvalue weighted by Gasteiger charge is -2.21. The van der Waals surface area contributed by atoms with Crippen molar-refractivity contribution in [2.45, 2.75) is 18.4 Å². The van der Waals surface area contributed by atoms with E-state index in [1.165, 1.54) is 0 Å². The molecule has 1 unspecified atom stereocenters. The molecule has 0 spiro atoms. The highest BCUT2D eigenvalue weighted by molar-refractivity contribution is 7.91. The van der Waals surface area contributed by atoms with Crippen LogP contribution in [-0.4, -0.2) is 52.4 Å². The number of sulfone groups is 1. The predicted molar refractivity (Wildman–Crippen MR) is 57.5 cm³/mol. The summed E-state index contributed by atoms with van der Waals surface area (Å²) in [6.45, 7) is 1.57. The second-order valence-electron chi connectivity index (χ2n) is 4.06. The Morgan fingerprint density at radius 1 is 1.33 bits per heavy atom. The van der Waals surface area contributed by atoms with Crippen LogP contribution in [-0.2, 0) is 19.3 Å². The van der Waals surface area contributed by atoms with Crippen LogP contribution in [0.2, 0.25) is 0 Å². The van der Waals surface area contributed by atoms with Gasteiger partial charge in [-0.3, -0.25) is 0 Å². The van der Waals surface area contributed by atoms with E-state index < -0.39 is 15.4 Å². The monoisotopic (exact) mass is 237 g/mol. The summed E-state index contributed by atoms with van der Waals surface area (Å²) in [5, 5.41) is 0. The van der Waals surface area contributed by atoms with Crippen molar-refractivity contribution in [3.05, 3.63) is 0 Å². The molecule has 0 saturated carbocycles. The molecule has 5 nitrogen and oxygen atoms in total. The third kappa shape index (κ3) is 4.46. The zero-order chi connectivity index (χ0) is 11.4. The van der Waals surface area contributed by atoms with Crippen LogP contribution in [0, 0.1) is 0 Å². The Kier molecular flexibility index (Phi) is 4.51. The summed E-state index contributed by atoms with van der Waals surface area (Å²) in [5.41, 5.74) is 5.38. The van der Waals surface area contributed by atoms with E-state index in [1.807, 2.05) is 0 Å². The van der Waals surface area contributed by atoms with Crippen molar-refractivity contribution in [1.82, 2.24) is 0 Å². The van der Waals surface area contributed by atoms with Gasteiger partial charge in [0.05, 0.1) is 24.7 Å². The summed E-state index contributed by atoms with van der Waals surface area (Å²) < 4.78 is 32.6. The van der Waals surface area contributed by atoms with E-state index in [1.54, 1.807) is 7.11 Å². The van der Waals surface area contributed by atoms with Crippen LogP contribution in [0.15, 0.2) is 0 Å². The number of nitrogens with two attached hydrogens (primary N) is 1. The topological polar surface area (TPSA) is 78.6 Å². The molecule has 0 bridgehead atoms. The summed E-state index contributed by atoms with van der Waals surface area (Å²) in [5.74, 6) is 0.301. The van der Waals surface area contributed by atoms with Gasteiger partial charge in [-0.2, -0.15) is 0 Å². The van der Waals surface area contributed by atoms with Crippen LogP contribution >= 0.6 is 0 Å². The minimum Gasteiger partial charge on any atom is -0.382 e. The first-order chi connectivity index (χ1) is 6.97. The van der Waals surface area contributed by atoms with E-state index >= 15 is 0 Å². The lowest BCUT2D eigenvalue weighted by molar-refractivity contribution is 0.0626. The van der Waals surface area contributed by atoms with E-state index in [0.29, 0.717) is 32.7 Å². The highest BCUT2D eigenvalue weighted by atomic mass is 32.2. The Labute approximate surface area is 90.8 Å². The molecule has 0 aromatic heterocycles. The molecule has 0 radical (unpaired) electrons. The maximum Gasteiger partial charge on any atom is 0.152 e. The maximum atomic E-state index is 11.2. The van der Waals surface area contributed by atoms with E-state index in [4.69, 9.17) is 15.2 Å². The smallest absolute Gasteiger partial charge is 0.152 e. The zero-order valence-electron chi connectivity index (χ0n) is 9.07. The maximum absolute atomic E-state index is 11.2. The fourth-order valence-electron chi connectivity index (χ4n) is 1.66. The fourth-order valence-corrected chi connectivity index (χ4v) is 3.68. The minimum atomic E-state index is -2.91. The summed E-state index contributed by atoms with van der Waals surface area (Å²) in [7, 11) is -1.30. The van der Waals surface area contributed by atoms with Crippen molar-refractivity contribution in [2.75, 3.05) is 38.4 Å². The molecule has 0 amide bonds. The van der Waals surface area contributed by atoms with Crippen molar-refractivity contribution in [3.63, 3.8) is 0 Å². The van der Waals surface area contributed by atoms with Gasteiger partial charge in [-0.1, -0.05) is 0 Å². The van der Waals surface area contributed by atoms with E-state index in [-0.39, 0.29) is 11.5 Å². The van der Waals surface area contributed by atoms with Crippen LogP contribution in [0.25, 0.3) is 0 Å². The quantitative estimate of drug-likeness (QED) is 0.633. The Bertz CT molecular complexity index is 290. The first-order valence-corrected chi connectivity index (χ1v) is 6.86. The molecule has 6 heteroatoms. The first kappa shape index (κ1) is 12.9. The molecule has 1 saturated heterocycles. The third-order valence-electron chi connectivity index (χ3n) is 2.59. The van der Waals surface area contributed by atoms with Crippen LogP contribution in [0.1, 0.15) is 12.8 Å². The van der Waals surface area contributed by atoms with Gasteiger partial charge in [0.2, 0.25) is 0 Å². The van der Waals surface area contributed by atoms with Gasteiger partial charge in [-0.05, 0) is 12.8 Å². The van der Waals surface area contributed by atoms with Crippen molar-refractivity contribution < 1.29 is 17.9 Å². The molecule has 1 atom stereocenters. The van der Waals surface area contributed by atoms with Gasteiger partial charge in [-0.15, -0.1) is 0 Å². The zero-order valence-corrected chi connectivity index (χ0v) is 9.88. The van der Waals surface area contributed by atoms with E-state index in [9.17, 15) is 8.42 Å². The molecule has 1 aliphatic heterocycles. The summed E-state index contributed by atoms with van der Waals surface area (Å²) in [6, 6.07) is 0. The molecule has 1 heterocycles. The lowest BCUT2D eigenvalue weighted by Crippen LogP contribution is -2.42. The molecule has 0 aromatic rings. The van der Waals surface area contributed by atoms with Crippen molar-refractivity contribution in [3.8, 4) is 0 Å². The van der Waals surface area contributed by atoms with Gasteiger partial charge in [0, 0.05) is 19.3 Å². The number of hydrogen-bond donors (Lipinski definition) is 1. The summed E-state index contributed by atoms with van der Waals surface area (Å²) in [6.07, 6.45) is 1.14. The Morgan fingerprint density at radius 2 is 2.07 bits per heavy atom. The van der Waals surface area contributed by atoms with Gasteiger partial charge in [0.1, 0.15) is 0 Å². The van der Waals surface area contributed by atoms with E-state index in [0.717, 1.165) is 0 Å². The predicted octanol–water partition coefficient (Wildman–Crippen LogP) is -0.444. The summed E-state index contributed by atoms with van der Waals surface area (Å²) >= 11 is 0. The average Bonchev–Trinajstić information content (AvgIpc) is 2.41. The van der Waals surface area contributed by atoms with Crippen LogP contribution in [0.3, 0.4) is 0 Å². The number of ether oxygens (including phenoxy) is 2. The van der Waals surface area contributed by atoms with Crippen molar-refractivity contribution in [2.24, 2.45) is 5.73 Å². The number of methoxy groups -OCH3 is 1. The molecule has 1 rings (SSSR count). The normalized spacial score (nSPS) is 29.5. The van der Waals surface area contributed by atoms with Gasteiger partial charge in [0.25, 0.3) is 0 Å². The Morgan fingerprint density at radius 3 is 2.60 bits per heavy atom. The van der Waals surface area contributed by atoms with Crippen molar-refractivity contribution in [1.29, 1.82) is 0 Å². The molecule has 90 valence electrons. The van der Waals surface area contributed by atoms with Gasteiger partial charge in [0.15, 0.2) is 9.84 Å². The second kappa shape index (κ2) is 5.25. The molecule has 1 fully saturated rings.